The number of hydrogen-bond acceptors (Lipinski definition) is 4. The zero-order valence-corrected chi connectivity index (χ0v) is 11.9. The molecule has 1 aromatic carbocycles. The fourth-order valence-corrected chi connectivity index (χ4v) is 1.93. The Morgan fingerprint density at radius 3 is 2.62 bits per heavy atom. The maximum atomic E-state index is 11.0. The van der Waals surface area contributed by atoms with Crippen LogP contribution in [-0.2, 0) is 6.54 Å². The maximum absolute atomic E-state index is 11.0. The van der Waals surface area contributed by atoms with E-state index in [4.69, 9.17) is 5.73 Å². The van der Waals surface area contributed by atoms with Crippen LogP contribution >= 0.6 is 0 Å². The summed E-state index contributed by atoms with van der Waals surface area (Å²) in [5.74, 6) is -0.402. The van der Waals surface area contributed by atoms with Crippen molar-refractivity contribution in [2.24, 2.45) is 5.73 Å². The third kappa shape index (κ3) is 5.24. The van der Waals surface area contributed by atoms with Crippen molar-refractivity contribution in [1.29, 1.82) is 0 Å². The molecule has 1 aromatic heterocycles. The number of amides is 1. The van der Waals surface area contributed by atoms with E-state index in [2.05, 4.69) is 21.7 Å². The first-order chi connectivity index (χ1) is 10.3. The van der Waals surface area contributed by atoms with Crippen molar-refractivity contribution in [2.75, 3.05) is 18.4 Å². The van der Waals surface area contributed by atoms with Gasteiger partial charge >= 0.3 is 0 Å². The minimum Gasteiger partial charge on any atom is -0.385 e. The number of rotatable bonds is 8. The van der Waals surface area contributed by atoms with Crippen LogP contribution in [0.1, 0.15) is 22.3 Å². The van der Waals surface area contributed by atoms with Crippen molar-refractivity contribution < 1.29 is 4.79 Å². The topological polar surface area (TPSA) is 80.0 Å². The van der Waals surface area contributed by atoms with E-state index in [-0.39, 0.29) is 0 Å². The standard InChI is InChI=1S/C16H20N4O/c17-16(21)14-4-6-15(7-5-14)20-10-2-9-19-12-13-3-1-8-18-11-13/h1,3-8,11,19-20H,2,9-10,12H2,(H2,17,21). The van der Waals surface area contributed by atoms with Gasteiger partial charge in [-0.25, -0.2) is 0 Å². The largest absolute Gasteiger partial charge is 0.385 e. The second-order valence-corrected chi connectivity index (χ2v) is 4.76. The summed E-state index contributed by atoms with van der Waals surface area (Å²) < 4.78 is 0. The monoisotopic (exact) mass is 284 g/mol. The Balaban J connectivity index is 1.60. The summed E-state index contributed by atoms with van der Waals surface area (Å²) in [5.41, 5.74) is 7.90. The third-order valence-electron chi connectivity index (χ3n) is 3.08. The fraction of sp³-hybridized carbons (Fsp3) is 0.250. The molecule has 0 fully saturated rings. The molecule has 0 atom stereocenters. The van der Waals surface area contributed by atoms with E-state index < -0.39 is 5.91 Å². The summed E-state index contributed by atoms with van der Waals surface area (Å²) in [6, 6.07) is 11.2. The smallest absolute Gasteiger partial charge is 0.248 e. The molecule has 0 bridgehead atoms. The van der Waals surface area contributed by atoms with Crippen molar-refractivity contribution in [3.63, 3.8) is 0 Å². The highest BCUT2D eigenvalue weighted by Gasteiger charge is 1.99. The average Bonchev–Trinajstić information content (AvgIpc) is 2.52. The second-order valence-electron chi connectivity index (χ2n) is 4.76. The summed E-state index contributed by atoms with van der Waals surface area (Å²) in [5, 5.41) is 6.68. The zero-order chi connectivity index (χ0) is 14.9. The number of primary amides is 1. The highest BCUT2D eigenvalue weighted by molar-refractivity contribution is 5.93. The van der Waals surface area contributed by atoms with Crippen LogP contribution < -0.4 is 16.4 Å². The van der Waals surface area contributed by atoms with Gasteiger partial charge in [0, 0.05) is 36.7 Å². The van der Waals surface area contributed by atoms with Crippen LogP contribution in [0.2, 0.25) is 0 Å². The number of benzene rings is 1. The molecule has 1 heterocycles. The number of nitrogens with one attached hydrogen (secondary N) is 2. The van der Waals surface area contributed by atoms with Crippen LogP contribution in [0.25, 0.3) is 0 Å². The van der Waals surface area contributed by atoms with Crippen molar-refractivity contribution >= 4 is 11.6 Å². The van der Waals surface area contributed by atoms with E-state index in [0.29, 0.717) is 5.56 Å². The van der Waals surface area contributed by atoms with Crippen molar-refractivity contribution in [3.8, 4) is 0 Å². The van der Waals surface area contributed by atoms with E-state index in [0.717, 1.165) is 31.7 Å². The van der Waals surface area contributed by atoms with E-state index in [9.17, 15) is 4.79 Å². The van der Waals surface area contributed by atoms with Crippen molar-refractivity contribution in [2.45, 2.75) is 13.0 Å². The first kappa shape index (κ1) is 15.0. The van der Waals surface area contributed by atoms with Gasteiger partial charge in [0.1, 0.15) is 0 Å². The molecular weight excluding hydrogens is 264 g/mol. The number of aromatic nitrogens is 1. The molecule has 0 aliphatic carbocycles. The highest BCUT2D eigenvalue weighted by atomic mass is 16.1. The van der Waals surface area contributed by atoms with Crippen LogP contribution in [0.15, 0.2) is 48.8 Å². The Hall–Kier alpha value is -2.40. The number of carbonyl (C=O) groups excluding carboxylic acids is 1. The molecule has 0 aliphatic heterocycles. The van der Waals surface area contributed by atoms with Crippen LogP contribution in [0.5, 0.6) is 0 Å². The maximum Gasteiger partial charge on any atom is 0.248 e. The molecule has 110 valence electrons. The lowest BCUT2D eigenvalue weighted by Gasteiger charge is -2.08. The van der Waals surface area contributed by atoms with Gasteiger partial charge in [-0.1, -0.05) is 6.07 Å². The molecule has 5 heteroatoms. The Morgan fingerprint density at radius 1 is 1.14 bits per heavy atom. The average molecular weight is 284 g/mol. The number of nitrogens with two attached hydrogens (primary N) is 1. The van der Waals surface area contributed by atoms with E-state index in [1.54, 1.807) is 18.3 Å². The van der Waals surface area contributed by atoms with Crippen LogP contribution in [0, 0.1) is 0 Å². The zero-order valence-electron chi connectivity index (χ0n) is 11.9. The van der Waals surface area contributed by atoms with Crippen molar-refractivity contribution in [3.05, 3.63) is 59.9 Å². The Morgan fingerprint density at radius 2 is 1.95 bits per heavy atom. The second kappa shape index (κ2) is 8.01. The van der Waals surface area contributed by atoms with Crippen LogP contribution in [-0.4, -0.2) is 24.0 Å². The molecule has 0 aliphatic rings. The van der Waals surface area contributed by atoms with Gasteiger partial charge in [-0.05, 0) is 48.9 Å². The van der Waals surface area contributed by atoms with Gasteiger partial charge in [0.25, 0.3) is 0 Å². The molecule has 4 N–H and O–H groups in total. The lowest BCUT2D eigenvalue weighted by atomic mass is 10.2. The summed E-state index contributed by atoms with van der Waals surface area (Å²) >= 11 is 0. The molecule has 0 radical (unpaired) electrons. The predicted octanol–water partition coefficient (Wildman–Crippen LogP) is 1.77. The van der Waals surface area contributed by atoms with E-state index >= 15 is 0 Å². The molecule has 0 unspecified atom stereocenters. The highest BCUT2D eigenvalue weighted by Crippen LogP contribution is 2.08. The van der Waals surface area contributed by atoms with Crippen LogP contribution in [0.3, 0.4) is 0 Å². The molecule has 0 saturated carbocycles. The van der Waals surface area contributed by atoms with Gasteiger partial charge in [0.2, 0.25) is 5.91 Å². The lowest BCUT2D eigenvalue weighted by molar-refractivity contribution is 0.100. The number of carbonyl (C=O) groups is 1. The summed E-state index contributed by atoms with van der Waals surface area (Å²) in [6.07, 6.45) is 4.65. The summed E-state index contributed by atoms with van der Waals surface area (Å²) in [6.45, 7) is 2.64. The SMILES string of the molecule is NC(=O)c1ccc(NCCCNCc2cccnc2)cc1. The number of hydrogen-bond donors (Lipinski definition) is 3. The molecule has 0 saturated heterocycles. The van der Waals surface area contributed by atoms with Gasteiger partial charge in [-0.15, -0.1) is 0 Å². The number of anilines is 1. The quantitative estimate of drug-likeness (QED) is 0.645. The Kier molecular flexibility index (Phi) is 5.72. The normalized spacial score (nSPS) is 10.3. The summed E-state index contributed by atoms with van der Waals surface area (Å²) in [7, 11) is 0. The molecule has 5 nitrogen and oxygen atoms in total. The van der Waals surface area contributed by atoms with E-state index in [1.165, 1.54) is 5.56 Å². The number of pyridine rings is 1. The Labute approximate surface area is 124 Å². The number of nitrogens with zero attached hydrogens (tertiary/aromatic N) is 1. The predicted molar refractivity (Wildman–Crippen MR) is 84.0 cm³/mol. The van der Waals surface area contributed by atoms with Gasteiger partial charge in [0.05, 0.1) is 0 Å². The molecule has 2 rings (SSSR count). The minimum absolute atomic E-state index is 0.402. The van der Waals surface area contributed by atoms with Gasteiger partial charge < -0.3 is 16.4 Å². The molecule has 21 heavy (non-hydrogen) atoms. The molecule has 2 aromatic rings. The van der Waals surface area contributed by atoms with Crippen LogP contribution in [0.4, 0.5) is 5.69 Å². The van der Waals surface area contributed by atoms with Gasteiger partial charge in [0.15, 0.2) is 0 Å². The molecular formula is C16H20N4O. The first-order valence-corrected chi connectivity index (χ1v) is 6.99. The minimum atomic E-state index is -0.402. The molecule has 0 spiro atoms. The fourth-order valence-electron chi connectivity index (χ4n) is 1.93. The van der Waals surface area contributed by atoms with E-state index in [1.807, 2.05) is 24.4 Å². The van der Waals surface area contributed by atoms with Gasteiger partial charge in [-0.3, -0.25) is 9.78 Å². The third-order valence-corrected chi connectivity index (χ3v) is 3.08. The molecule has 1 amide bonds. The first-order valence-electron chi connectivity index (χ1n) is 6.99. The lowest BCUT2D eigenvalue weighted by Crippen LogP contribution is -2.17. The summed E-state index contributed by atoms with van der Waals surface area (Å²) in [4.78, 5) is 15.0. The van der Waals surface area contributed by atoms with Crippen molar-refractivity contribution in [1.82, 2.24) is 10.3 Å². The Bertz CT molecular complexity index is 554. The van der Waals surface area contributed by atoms with Gasteiger partial charge in [-0.2, -0.15) is 0 Å².